The molecule has 1 aromatic heterocycles. The average molecular weight is 477 g/mol. The number of hydrogen-bond acceptors (Lipinski definition) is 8. The predicted octanol–water partition coefficient (Wildman–Crippen LogP) is 4.62. The number of hydrogen-bond donors (Lipinski definition) is 4. The molecule has 0 radical (unpaired) electrons. The number of hydrazine groups is 1. The quantitative estimate of drug-likeness (QED) is 0.175. The van der Waals surface area contributed by atoms with Crippen molar-refractivity contribution in [2.75, 3.05) is 23.0 Å². The number of nitrogens with one attached hydrogen (secondary N) is 1. The molecule has 0 spiro atoms. The molecule has 11 heteroatoms. The molecule has 0 amide bonds. The SMILES string of the molecule is N#Cc1cc(Cl)cc(Oc2c(Cl)ccc(N(N)CC(=N)c3cccnc3N)c2N)c1Cl. The molecule has 3 aromatic rings. The third-order valence-electron chi connectivity index (χ3n) is 4.26. The van der Waals surface area contributed by atoms with Gasteiger partial charge in [0.25, 0.3) is 0 Å². The van der Waals surface area contributed by atoms with E-state index >= 15 is 0 Å². The number of benzene rings is 2. The van der Waals surface area contributed by atoms with E-state index in [0.717, 1.165) is 0 Å². The summed E-state index contributed by atoms with van der Waals surface area (Å²) in [6.07, 6.45) is 1.53. The molecule has 1 heterocycles. The molecular formula is C20H16Cl3N7O. The van der Waals surface area contributed by atoms with Gasteiger partial charge < -0.3 is 26.6 Å². The minimum atomic E-state index is -0.0162. The van der Waals surface area contributed by atoms with Crippen molar-refractivity contribution in [1.29, 1.82) is 10.7 Å². The van der Waals surface area contributed by atoms with Gasteiger partial charge in [-0.05, 0) is 30.3 Å². The zero-order valence-corrected chi connectivity index (χ0v) is 18.1. The minimum absolute atomic E-state index is 0.0162. The first kappa shape index (κ1) is 22.5. The Morgan fingerprint density at radius 1 is 1.19 bits per heavy atom. The smallest absolute Gasteiger partial charge is 0.171 e. The first-order valence-electron chi connectivity index (χ1n) is 8.68. The van der Waals surface area contributed by atoms with Gasteiger partial charge in [0.05, 0.1) is 28.5 Å². The predicted molar refractivity (Wildman–Crippen MR) is 124 cm³/mol. The van der Waals surface area contributed by atoms with E-state index in [-0.39, 0.29) is 55.9 Å². The van der Waals surface area contributed by atoms with Crippen LogP contribution >= 0.6 is 34.8 Å². The maximum Gasteiger partial charge on any atom is 0.171 e. The zero-order chi connectivity index (χ0) is 22.7. The van der Waals surface area contributed by atoms with Crippen LogP contribution in [0.15, 0.2) is 42.6 Å². The first-order chi connectivity index (χ1) is 14.7. The second-order valence-electron chi connectivity index (χ2n) is 6.33. The van der Waals surface area contributed by atoms with E-state index in [9.17, 15) is 5.26 Å². The second kappa shape index (κ2) is 9.29. The van der Waals surface area contributed by atoms with Gasteiger partial charge in [0.15, 0.2) is 5.75 Å². The van der Waals surface area contributed by atoms with E-state index in [0.29, 0.717) is 11.3 Å². The van der Waals surface area contributed by atoms with Crippen molar-refractivity contribution in [2.24, 2.45) is 5.84 Å². The Morgan fingerprint density at radius 2 is 1.94 bits per heavy atom. The lowest BCUT2D eigenvalue weighted by atomic mass is 10.1. The summed E-state index contributed by atoms with van der Waals surface area (Å²) >= 11 is 18.5. The molecular weight excluding hydrogens is 461 g/mol. The van der Waals surface area contributed by atoms with Crippen molar-refractivity contribution in [2.45, 2.75) is 0 Å². The lowest BCUT2D eigenvalue weighted by Gasteiger charge is -2.23. The van der Waals surface area contributed by atoms with Gasteiger partial charge in [0, 0.05) is 22.8 Å². The molecule has 0 bridgehead atoms. The van der Waals surface area contributed by atoms with Crippen LogP contribution in [0.2, 0.25) is 15.1 Å². The largest absolute Gasteiger partial charge is 0.452 e. The van der Waals surface area contributed by atoms with E-state index in [1.54, 1.807) is 18.2 Å². The first-order valence-corrected chi connectivity index (χ1v) is 9.81. The van der Waals surface area contributed by atoms with Gasteiger partial charge in [-0.2, -0.15) is 5.26 Å². The molecule has 0 aliphatic rings. The summed E-state index contributed by atoms with van der Waals surface area (Å²) in [4.78, 5) is 3.97. The van der Waals surface area contributed by atoms with Crippen LogP contribution in [0, 0.1) is 16.7 Å². The van der Waals surface area contributed by atoms with Crippen molar-refractivity contribution in [3.8, 4) is 17.6 Å². The second-order valence-corrected chi connectivity index (χ2v) is 7.55. The van der Waals surface area contributed by atoms with E-state index in [1.165, 1.54) is 29.4 Å². The van der Waals surface area contributed by atoms with Crippen LogP contribution in [0.4, 0.5) is 17.2 Å². The van der Waals surface area contributed by atoms with Crippen molar-refractivity contribution in [1.82, 2.24) is 4.98 Å². The number of pyridine rings is 1. The van der Waals surface area contributed by atoms with Crippen LogP contribution in [0.1, 0.15) is 11.1 Å². The van der Waals surface area contributed by atoms with Crippen molar-refractivity contribution in [3.05, 3.63) is 68.8 Å². The highest BCUT2D eigenvalue weighted by molar-refractivity contribution is 6.35. The van der Waals surface area contributed by atoms with Gasteiger partial charge in [0.2, 0.25) is 0 Å². The lowest BCUT2D eigenvalue weighted by molar-refractivity contribution is 0.485. The van der Waals surface area contributed by atoms with Crippen LogP contribution in [-0.4, -0.2) is 17.2 Å². The molecule has 2 aromatic carbocycles. The molecule has 3 rings (SSSR count). The maximum absolute atomic E-state index is 9.20. The normalized spacial score (nSPS) is 10.4. The number of anilines is 3. The number of nitrogen functional groups attached to an aromatic ring is 2. The molecule has 0 aliphatic carbocycles. The van der Waals surface area contributed by atoms with Gasteiger partial charge in [0.1, 0.15) is 28.3 Å². The standard InChI is InChI=1S/C20H16Cl3N7O/c21-11-6-10(8-24)17(23)16(7-11)31-19-13(22)3-4-15(18(19)26)30(28)9-14(25)12-2-1-5-29-20(12)27/h1-7,25H,9,26,28H2,(H2,27,29). The monoisotopic (exact) mass is 475 g/mol. The lowest BCUT2D eigenvalue weighted by Crippen LogP contribution is -2.37. The number of nitrogens with two attached hydrogens (primary N) is 3. The fourth-order valence-electron chi connectivity index (χ4n) is 2.76. The van der Waals surface area contributed by atoms with E-state index in [2.05, 4.69) is 4.98 Å². The molecule has 7 N–H and O–H groups in total. The summed E-state index contributed by atoms with van der Waals surface area (Å²) in [6.45, 7) is -0.0162. The summed E-state index contributed by atoms with van der Waals surface area (Å²) in [5.41, 5.74) is 13.3. The highest BCUT2D eigenvalue weighted by Gasteiger charge is 2.19. The summed E-state index contributed by atoms with van der Waals surface area (Å²) in [6, 6.07) is 11.3. The molecule has 8 nitrogen and oxygen atoms in total. The van der Waals surface area contributed by atoms with E-state index in [4.69, 9.17) is 62.3 Å². The van der Waals surface area contributed by atoms with Crippen molar-refractivity contribution >= 4 is 57.7 Å². The molecule has 0 unspecified atom stereocenters. The Hall–Kier alpha value is -3.22. The van der Waals surface area contributed by atoms with Crippen LogP contribution < -0.4 is 27.1 Å². The van der Waals surface area contributed by atoms with Crippen molar-refractivity contribution < 1.29 is 4.74 Å². The number of nitrogens with zero attached hydrogens (tertiary/aromatic N) is 3. The summed E-state index contributed by atoms with van der Waals surface area (Å²) in [5, 5.41) is 19.3. The molecule has 0 saturated carbocycles. The van der Waals surface area contributed by atoms with Gasteiger partial charge in [-0.25, -0.2) is 10.8 Å². The summed E-state index contributed by atoms with van der Waals surface area (Å²) in [5.74, 6) is 6.56. The highest BCUT2D eigenvalue weighted by atomic mass is 35.5. The maximum atomic E-state index is 9.20. The number of aromatic nitrogens is 1. The Balaban J connectivity index is 1.93. The van der Waals surface area contributed by atoms with Crippen LogP contribution in [-0.2, 0) is 0 Å². The van der Waals surface area contributed by atoms with E-state index in [1.807, 2.05) is 6.07 Å². The Bertz CT molecular complexity index is 1210. The fourth-order valence-corrected chi connectivity index (χ4v) is 3.36. The third-order valence-corrected chi connectivity index (χ3v) is 5.17. The van der Waals surface area contributed by atoms with Crippen molar-refractivity contribution in [3.63, 3.8) is 0 Å². The van der Waals surface area contributed by atoms with Crippen LogP contribution in [0.25, 0.3) is 0 Å². The summed E-state index contributed by atoms with van der Waals surface area (Å²) < 4.78 is 5.80. The molecule has 158 valence electrons. The number of nitriles is 1. The number of halogens is 3. The number of rotatable bonds is 6. The average Bonchev–Trinajstić information content (AvgIpc) is 2.73. The molecule has 0 atom stereocenters. The van der Waals surface area contributed by atoms with Gasteiger partial charge in [-0.3, -0.25) is 0 Å². The van der Waals surface area contributed by atoms with Gasteiger partial charge >= 0.3 is 0 Å². The molecule has 31 heavy (non-hydrogen) atoms. The molecule has 0 saturated heterocycles. The number of ether oxygens (including phenoxy) is 1. The van der Waals surface area contributed by atoms with Gasteiger partial charge in [-0.1, -0.05) is 34.8 Å². The molecule has 0 aliphatic heterocycles. The topological polar surface area (TPSA) is 151 Å². The van der Waals surface area contributed by atoms with Crippen LogP contribution in [0.3, 0.4) is 0 Å². The molecule has 0 fully saturated rings. The third kappa shape index (κ3) is 4.76. The Labute approximate surface area is 193 Å². The highest BCUT2D eigenvalue weighted by Crippen LogP contribution is 2.43. The summed E-state index contributed by atoms with van der Waals surface area (Å²) in [7, 11) is 0. The Morgan fingerprint density at radius 3 is 2.61 bits per heavy atom. The minimum Gasteiger partial charge on any atom is -0.452 e. The Kier molecular flexibility index (Phi) is 6.73. The van der Waals surface area contributed by atoms with Gasteiger partial charge in [-0.15, -0.1) is 0 Å². The fraction of sp³-hybridized carbons (Fsp3) is 0.0500. The zero-order valence-electron chi connectivity index (χ0n) is 15.9. The van der Waals surface area contributed by atoms with E-state index < -0.39 is 0 Å². The van der Waals surface area contributed by atoms with Crippen LogP contribution in [0.5, 0.6) is 11.5 Å².